The van der Waals surface area contributed by atoms with Gasteiger partial charge in [-0.3, -0.25) is 4.98 Å². The summed E-state index contributed by atoms with van der Waals surface area (Å²) in [7, 11) is 0. The van der Waals surface area contributed by atoms with E-state index in [0.717, 1.165) is 6.42 Å². The standard InChI is InChI=1S/C15H13NO3S/c17-15(18)12-5-6-16-8-13(12)19-9-11-7-10-3-1-2-4-14(10)20-11/h1-6,8,11H,7,9H2,(H,17,18). The minimum Gasteiger partial charge on any atom is -0.490 e. The van der Waals surface area contributed by atoms with E-state index in [9.17, 15) is 4.79 Å². The number of aromatic carboxylic acids is 1. The van der Waals surface area contributed by atoms with Crippen LogP contribution in [0.4, 0.5) is 0 Å². The van der Waals surface area contributed by atoms with Gasteiger partial charge in [0, 0.05) is 16.3 Å². The van der Waals surface area contributed by atoms with Crippen LogP contribution in [0.15, 0.2) is 47.6 Å². The Labute approximate surface area is 120 Å². The number of benzene rings is 1. The Kier molecular flexibility index (Phi) is 3.60. The fraction of sp³-hybridized carbons (Fsp3) is 0.200. The van der Waals surface area contributed by atoms with Gasteiger partial charge in [0.2, 0.25) is 0 Å². The molecular formula is C15H13NO3S. The van der Waals surface area contributed by atoms with Crippen molar-refractivity contribution in [2.45, 2.75) is 16.6 Å². The minimum atomic E-state index is -0.996. The summed E-state index contributed by atoms with van der Waals surface area (Å²) in [5.41, 5.74) is 1.48. The molecule has 5 heteroatoms. The molecular weight excluding hydrogens is 274 g/mol. The lowest BCUT2D eigenvalue weighted by molar-refractivity contribution is 0.0692. The third-order valence-corrected chi connectivity index (χ3v) is 4.44. The Balaban J connectivity index is 1.66. The molecule has 102 valence electrons. The van der Waals surface area contributed by atoms with E-state index in [1.807, 2.05) is 12.1 Å². The van der Waals surface area contributed by atoms with Crippen molar-refractivity contribution in [3.05, 3.63) is 53.9 Å². The van der Waals surface area contributed by atoms with Crippen LogP contribution in [0, 0.1) is 0 Å². The zero-order valence-corrected chi connectivity index (χ0v) is 11.5. The number of hydrogen-bond acceptors (Lipinski definition) is 4. The average Bonchev–Trinajstić information content (AvgIpc) is 2.88. The summed E-state index contributed by atoms with van der Waals surface area (Å²) in [6, 6.07) is 9.74. The molecule has 1 unspecified atom stereocenters. The minimum absolute atomic E-state index is 0.153. The third-order valence-electron chi connectivity index (χ3n) is 3.15. The molecule has 0 radical (unpaired) electrons. The van der Waals surface area contributed by atoms with E-state index in [2.05, 4.69) is 17.1 Å². The maximum absolute atomic E-state index is 11.1. The van der Waals surface area contributed by atoms with Gasteiger partial charge in [-0.15, -0.1) is 11.8 Å². The van der Waals surface area contributed by atoms with Crippen molar-refractivity contribution in [2.24, 2.45) is 0 Å². The highest BCUT2D eigenvalue weighted by Crippen LogP contribution is 2.37. The average molecular weight is 287 g/mol. The van der Waals surface area contributed by atoms with Crippen molar-refractivity contribution >= 4 is 17.7 Å². The molecule has 0 amide bonds. The number of rotatable bonds is 4. The van der Waals surface area contributed by atoms with E-state index in [1.54, 1.807) is 11.8 Å². The molecule has 1 aliphatic heterocycles. The number of ether oxygens (including phenoxy) is 1. The zero-order chi connectivity index (χ0) is 13.9. The summed E-state index contributed by atoms with van der Waals surface area (Å²) in [4.78, 5) is 16.3. The molecule has 1 aromatic heterocycles. The molecule has 0 bridgehead atoms. The number of fused-ring (bicyclic) bond motifs is 1. The highest BCUT2D eigenvalue weighted by atomic mass is 32.2. The summed E-state index contributed by atoms with van der Waals surface area (Å²) < 4.78 is 5.65. The lowest BCUT2D eigenvalue weighted by Gasteiger charge is -2.12. The van der Waals surface area contributed by atoms with Gasteiger partial charge in [0.1, 0.15) is 12.2 Å². The van der Waals surface area contributed by atoms with Crippen LogP contribution in [-0.2, 0) is 6.42 Å². The Hall–Kier alpha value is -2.01. The van der Waals surface area contributed by atoms with Crippen LogP contribution in [0.3, 0.4) is 0 Å². The monoisotopic (exact) mass is 287 g/mol. The Bertz CT molecular complexity index is 620. The van der Waals surface area contributed by atoms with Crippen LogP contribution < -0.4 is 4.74 Å². The second kappa shape index (κ2) is 5.54. The van der Waals surface area contributed by atoms with Gasteiger partial charge in [0.15, 0.2) is 5.75 Å². The number of hydrogen-bond donors (Lipinski definition) is 1. The first kappa shape index (κ1) is 13.0. The molecule has 20 heavy (non-hydrogen) atoms. The van der Waals surface area contributed by atoms with E-state index >= 15 is 0 Å². The summed E-state index contributed by atoms with van der Waals surface area (Å²) in [5.74, 6) is -0.665. The van der Waals surface area contributed by atoms with Crippen LogP contribution in [0.25, 0.3) is 0 Å². The summed E-state index contributed by atoms with van der Waals surface area (Å²) in [6.45, 7) is 0.478. The normalized spacial score (nSPS) is 16.7. The van der Waals surface area contributed by atoms with Crippen LogP contribution in [0.1, 0.15) is 15.9 Å². The predicted molar refractivity (Wildman–Crippen MR) is 76.5 cm³/mol. The molecule has 0 aliphatic carbocycles. The fourth-order valence-electron chi connectivity index (χ4n) is 2.20. The second-order valence-corrected chi connectivity index (χ2v) is 5.88. The predicted octanol–water partition coefficient (Wildman–Crippen LogP) is 2.88. The van der Waals surface area contributed by atoms with Gasteiger partial charge in [-0.1, -0.05) is 18.2 Å². The maximum Gasteiger partial charge on any atom is 0.339 e. The molecule has 3 rings (SSSR count). The van der Waals surface area contributed by atoms with Crippen molar-refractivity contribution in [3.8, 4) is 5.75 Å². The van der Waals surface area contributed by atoms with Crippen molar-refractivity contribution < 1.29 is 14.6 Å². The highest BCUT2D eigenvalue weighted by molar-refractivity contribution is 8.00. The number of aromatic nitrogens is 1. The molecule has 1 aromatic carbocycles. The van der Waals surface area contributed by atoms with E-state index < -0.39 is 5.97 Å². The van der Waals surface area contributed by atoms with Gasteiger partial charge in [0.05, 0.1) is 6.20 Å². The van der Waals surface area contributed by atoms with Gasteiger partial charge in [-0.2, -0.15) is 0 Å². The topological polar surface area (TPSA) is 59.4 Å². The molecule has 2 heterocycles. The first-order chi connectivity index (χ1) is 9.74. The van der Waals surface area contributed by atoms with Crippen molar-refractivity contribution in [3.63, 3.8) is 0 Å². The van der Waals surface area contributed by atoms with Crippen LogP contribution in [0.2, 0.25) is 0 Å². The van der Waals surface area contributed by atoms with Gasteiger partial charge >= 0.3 is 5.97 Å². The SMILES string of the molecule is O=C(O)c1ccncc1OCC1Cc2ccccc2S1. The quantitative estimate of drug-likeness (QED) is 0.937. The summed E-state index contributed by atoms with van der Waals surface area (Å²) in [5, 5.41) is 9.40. The molecule has 4 nitrogen and oxygen atoms in total. The molecule has 0 fully saturated rings. The smallest absolute Gasteiger partial charge is 0.339 e. The number of carboxylic acid groups (broad SMARTS) is 1. The number of carboxylic acids is 1. The summed E-state index contributed by atoms with van der Waals surface area (Å²) >= 11 is 1.78. The molecule has 2 aromatic rings. The van der Waals surface area contributed by atoms with Gasteiger partial charge in [-0.05, 0) is 24.1 Å². The third kappa shape index (κ3) is 2.63. The maximum atomic E-state index is 11.1. The van der Waals surface area contributed by atoms with Gasteiger partial charge in [-0.25, -0.2) is 4.79 Å². The molecule has 0 saturated carbocycles. The van der Waals surface area contributed by atoms with Crippen LogP contribution in [-0.4, -0.2) is 27.9 Å². The lowest BCUT2D eigenvalue weighted by Crippen LogP contribution is -2.15. The van der Waals surface area contributed by atoms with Gasteiger partial charge in [0.25, 0.3) is 0 Å². The molecule has 1 atom stereocenters. The Morgan fingerprint density at radius 2 is 2.25 bits per heavy atom. The number of carbonyl (C=O) groups is 1. The Morgan fingerprint density at radius 3 is 3.05 bits per heavy atom. The Morgan fingerprint density at radius 1 is 1.40 bits per heavy atom. The van der Waals surface area contributed by atoms with E-state index in [1.165, 1.54) is 28.9 Å². The second-order valence-electron chi connectivity index (χ2n) is 4.54. The number of pyridine rings is 1. The van der Waals surface area contributed by atoms with E-state index in [-0.39, 0.29) is 5.56 Å². The summed E-state index contributed by atoms with van der Waals surface area (Å²) in [6.07, 6.45) is 3.86. The number of thioether (sulfide) groups is 1. The molecule has 1 N–H and O–H groups in total. The van der Waals surface area contributed by atoms with Crippen LogP contribution in [0.5, 0.6) is 5.75 Å². The lowest BCUT2D eigenvalue weighted by atomic mass is 10.1. The molecule has 0 spiro atoms. The molecule has 0 saturated heterocycles. The van der Waals surface area contributed by atoms with Crippen molar-refractivity contribution in [1.29, 1.82) is 0 Å². The van der Waals surface area contributed by atoms with Crippen molar-refractivity contribution in [2.75, 3.05) is 6.61 Å². The molecule has 1 aliphatic rings. The highest BCUT2D eigenvalue weighted by Gasteiger charge is 2.23. The van der Waals surface area contributed by atoms with E-state index in [0.29, 0.717) is 17.6 Å². The fourth-order valence-corrected chi connectivity index (χ4v) is 3.42. The largest absolute Gasteiger partial charge is 0.490 e. The zero-order valence-electron chi connectivity index (χ0n) is 10.7. The number of nitrogens with zero attached hydrogens (tertiary/aromatic N) is 1. The first-order valence-corrected chi connectivity index (χ1v) is 7.16. The van der Waals surface area contributed by atoms with E-state index in [4.69, 9.17) is 9.84 Å². The first-order valence-electron chi connectivity index (χ1n) is 6.28. The van der Waals surface area contributed by atoms with Gasteiger partial charge < -0.3 is 9.84 Å². The van der Waals surface area contributed by atoms with Crippen molar-refractivity contribution in [1.82, 2.24) is 4.98 Å². The van der Waals surface area contributed by atoms with Crippen LogP contribution >= 0.6 is 11.8 Å².